The van der Waals surface area contributed by atoms with Gasteiger partial charge in [0.2, 0.25) is 0 Å². The third kappa shape index (κ3) is 2.82. The number of rotatable bonds is 5. The molecule has 2 aliphatic rings. The Labute approximate surface area is 156 Å². The lowest BCUT2D eigenvalue weighted by Crippen LogP contribution is -2.47. The van der Waals surface area contributed by atoms with E-state index in [0.29, 0.717) is 25.2 Å². The van der Waals surface area contributed by atoms with Gasteiger partial charge in [-0.2, -0.15) is 11.3 Å². The molecular weight excluding hydrogens is 346 g/mol. The van der Waals surface area contributed by atoms with E-state index in [0.717, 1.165) is 16.8 Å². The number of nitrogens with one attached hydrogen (secondary N) is 1. The van der Waals surface area contributed by atoms with Gasteiger partial charge < -0.3 is 10.2 Å². The van der Waals surface area contributed by atoms with Crippen molar-refractivity contribution in [2.24, 2.45) is 0 Å². The third-order valence-corrected chi connectivity index (χ3v) is 5.40. The zero-order valence-corrected chi connectivity index (χ0v) is 15.0. The molecule has 5 nitrogen and oxygen atoms in total. The summed E-state index contributed by atoms with van der Waals surface area (Å²) in [5.41, 5.74) is 3.47. The molecule has 0 spiro atoms. The fraction of sp³-hybridized carbons (Fsp3) is 0.200. The number of carbonyl (C=O) groups excluding carboxylic acids is 2. The molecule has 0 fully saturated rings. The van der Waals surface area contributed by atoms with Crippen LogP contribution in [0.2, 0.25) is 0 Å². The van der Waals surface area contributed by atoms with Crippen molar-refractivity contribution in [3.05, 3.63) is 82.2 Å². The van der Waals surface area contributed by atoms with E-state index in [1.165, 1.54) is 0 Å². The smallest absolute Gasteiger partial charge is 0.322 e. The molecule has 3 heterocycles. The lowest BCUT2D eigenvalue weighted by atomic mass is 9.98. The van der Waals surface area contributed by atoms with Gasteiger partial charge >= 0.3 is 6.03 Å². The highest BCUT2D eigenvalue weighted by atomic mass is 32.1. The molecule has 0 saturated carbocycles. The van der Waals surface area contributed by atoms with Crippen LogP contribution in [0, 0.1) is 0 Å². The maximum Gasteiger partial charge on any atom is 0.322 e. The molecule has 6 heteroatoms. The predicted octanol–water partition coefficient (Wildman–Crippen LogP) is 3.30. The topological polar surface area (TPSA) is 52.7 Å². The van der Waals surface area contributed by atoms with Crippen molar-refractivity contribution in [1.29, 1.82) is 0 Å². The highest BCUT2D eigenvalue weighted by molar-refractivity contribution is 7.08. The van der Waals surface area contributed by atoms with Crippen LogP contribution < -0.4 is 5.32 Å². The molecule has 132 valence electrons. The second kappa shape index (κ2) is 6.80. The average molecular weight is 365 g/mol. The molecule has 26 heavy (non-hydrogen) atoms. The van der Waals surface area contributed by atoms with Gasteiger partial charge in [-0.3, -0.25) is 9.69 Å². The minimum Gasteiger partial charge on any atom is -0.329 e. The van der Waals surface area contributed by atoms with E-state index in [1.54, 1.807) is 27.2 Å². The molecule has 1 aromatic carbocycles. The van der Waals surface area contributed by atoms with Gasteiger partial charge in [0.15, 0.2) is 0 Å². The zero-order valence-electron chi connectivity index (χ0n) is 14.2. The van der Waals surface area contributed by atoms with Crippen LogP contribution in [-0.4, -0.2) is 34.8 Å². The molecule has 0 unspecified atom stereocenters. The number of carbonyl (C=O) groups is 2. The van der Waals surface area contributed by atoms with Crippen LogP contribution in [0.4, 0.5) is 4.79 Å². The molecule has 3 amide bonds. The fourth-order valence-corrected chi connectivity index (χ4v) is 4.18. The summed E-state index contributed by atoms with van der Waals surface area (Å²) in [5, 5.41) is 6.92. The van der Waals surface area contributed by atoms with Crippen molar-refractivity contribution in [2.75, 3.05) is 13.1 Å². The highest BCUT2D eigenvalue weighted by Gasteiger charge is 2.43. The molecule has 0 bridgehead atoms. The van der Waals surface area contributed by atoms with Gasteiger partial charge in [0.05, 0.1) is 23.9 Å². The van der Waals surface area contributed by atoms with Crippen molar-refractivity contribution >= 4 is 23.3 Å². The van der Waals surface area contributed by atoms with Gasteiger partial charge in [-0.1, -0.05) is 36.4 Å². The Morgan fingerprint density at radius 3 is 2.73 bits per heavy atom. The monoisotopic (exact) mass is 365 g/mol. The van der Waals surface area contributed by atoms with Gasteiger partial charge in [0, 0.05) is 13.1 Å². The van der Waals surface area contributed by atoms with Crippen LogP contribution in [-0.2, 0) is 11.3 Å². The summed E-state index contributed by atoms with van der Waals surface area (Å²) in [5.74, 6) is -0.0193. The first-order valence-electron chi connectivity index (χ1n) is 8.46. The standard InChI is InChI=1S/C20H19N3O2S/c1-2-9-23-16-12-22(11-14-6-4-3-5-7-14)19(24)17(16)18(21-20(23)25)15-8-10-26-13-15/h2-8,10,13,18H,1,9,11-12H2,(H,21,25)/t18-/m0/s1. The Hall–Kier alpha value is -2.86. The van der Waals surface area contributed by atoms with E-state index in [2.05, 4.69) is 11.9 Å². The van der Waals surface area contributed by atoms with E-state index >= 15 is 0 Å². The summed E-state index contributed by atoms with van der Waals surface area (Å²) in [6.45, 7) is 5.08. The summed E-state index contributed by atoms with van der Waals surface area (Å²) < 4.78 is 0. The second-order valence-corrected chi connectivity index (χ2v) is 7.13. The normalized spacial score (nSPS) is 19.6. The molecule has 1 N–H and O–H groups in total. The molecule has 2 aliphatic heterocycles. The molecule has 0 saturated heterocycles. The lowest BCUT2D eigenvalue weighted by molar-refractivity contribution is -0.126. The minimum atomic E-state index is -0.391. The number of nitrogens with zero attached hydrogens (tertiary/aromatic N) is 2. The number of amides is 3. The van der Waals surface area contributed by atoms with Gasteiger partial charge in [-0.25, -0.2) is 4.79 Å². The molecule has 1 atom stereocenters. The number of benzene rings is 1. The molecular formula is C20H19N3O2S. The van der Waals surface area contributed by atoms with Crippen molar-refractivity contribution in [3.8, 4) is 0 Å². The second-order valence-electron chi connectivity index (χ2n) is 6.35. The number of hydrogen-bond acceptors (Lipinski definition) is 3. The Morgan fingerprint density at radius 1 is 1.23 bits per heavy atom. The van der Waals surface area contributed by atoms with Crippen LogP contribution in [0.25, 0.3) is 0 Å². The van der Waals surface area contributed by atoms with Crippen LogP contribution in [0.5, 0.6) is 0 Å². The van der Waals surface area contributed by atoms with Crippen molar-refractivity contribution < 1.29 is 9.59 Å². The van der Waals surface area contributed by atoms with Gasteiger partial charge in [0.1, 0.15) is 0 Å². The summed E-state index contributed by atoms with van der Waals surface area (Å²) in [7, 11) is 0. The minimum absolute atomic E-state index is 0.0193. The Bertz CT molecular complexity index is 874. The first-order valence-corrected chi connectivity index (χ1v) is 9.40. The van der Waals surface area contributed by atoms with Gasteiger partial charge in [0.25, 0.3) is 5.91 Å². The number of hydrogen-bond donors (Lipinski definition) is 1. The first-order chi connectivity index (χ1) is 12.7. The Morgan fingerprint density at radius 2 is 2.04 bits per heavy atom. The third-order valence-electron chi connectivity index (χ3n) is 4.70. The first kappa shape index (κ1) is 16.6. The van der Waals surface area contributed by atoms with E-state index in [1.807, 2.05) is 47.2 Å². The van der Waals surface area contributed by atoms with Crippen LogP contribution in [0.3, 0.4) is 0 Å². The Balaban J connectivity index is 1.69. The van der Waals surface area contributed by atoms with E-state index in [4.69, 9.17) is 0 Å². The molecule has 0 radical (unpaired) electrons. The van der Waals surface area contributed by atoms with E-state index in [9.17, 15) is 9.59 Å². The van der Waals surface area contributed by atoms with Crippen LogP contribution in [0.15, 0.2) is 71.1 Å². The summed E-state index contributed by atoms with van der Waals surface area (Å²) in [6, 6.07) is 11.3. The SMILES string of the molecule is C=CCN1C(=O)N[C@@H](c2ccsc2)C2=C1CN(Cc1ccccc1)C2=O. The molecule has 4 rings (SSSR count). The van der Waals surface area contributed by atoms with Crippen molar-refractivity contribution in [2.45, 2.75) is 12.6 Å². The number of urea groups is 1. The fourth-order valence-electron chi connectivity index (χ4n) is 3.49. The molecule has 1 aromatic heterocycles. The highest BCUT2D eigenvalue weighted by Crippen LogP contribution is 2.37. The van der Waals surface area contributed by atoms with Crippen molar-refractivity contribution in [3.63, 3.8) is 0 Å². The predicted molar refractivity (Wildman–Crippen MR) is 101 cm³/mol. The van der Waals surface area contributed by atoms with Gasteiger partial charge in [-0.05, 0) is 28.0 Å². The quantitative estimate of drug-likeness (QED) is 0.827. The maximum absolute atomic E-state index is 13.2. The van der Waals surface area contributed by atoms with Crippen molar-refractivity contribution in [1.82, 2.24) is 15.1 Å². The zero-order chi connectivity index (χ0) is 18.1. The van der Waals surface area contributed by atoms with Crippen LogP contribution in [0.1, 0.15) is 17.2 Å². The van der Waals surface area contributed by atoms with E-state index < -0.39 is 6.04 Å². The molecule has 0 aliphatic carbocycles. The van der Waals surface area contributed by atoms with Gasteiger partial charge in [-0.15, -0.1) is 6.58 Å². The number of thiophene rings is 1. The lowest BCUT2D eigenvalue weighted by Gasteiger charge is -2.32. The Kier molecular flexibility index (Phi) is 4.34. The maximum atomic E-state index is 13.2. The summed E-state index contributed by atoms with van der Waals surface area (Å²) in [4.78, 5) is 29.2. The summed E-state index contributed by atoms with van der Waals surface area (Å²) >= 11 is 1.56. The van der Waals surface area contributed by atoms with E-state index in [-0.39, 0.29) is 11.9 Å². The molecule has 2 aromatic rings. The van der Waals surface area contributed by atoms with Crippen LogP contribution >= 0.6 is 11.3 Å². The summed E-state index contributed by atoms with van der Waals surface area (Å²) in [6.07, 6.45) is 1.68. The average Bonchev–Trinajstić information content (AvgIpc) is 3.28. The largest absolute Gasteiger partial charge is 0.329 e.